The summed E-state index contributed by atoms with van der Waals surface area (Å²) in [5, 5.41) is 0. The van der Waals surface area contributed by atoms with E-state index < -0.39 is 0 Å². The Hall–Kier alpha value is -1.16. The first-order valence-electron chi connectivity index (χ1n) is 4.39. The van der Waals surface area contributed by atoms with Crippen LogP contribution in [0, 0.1) is 0 Å². The maximum absolute atomic E-state index is 10.2. The number of hydrogen-bond donors (Lipinski definition) is 0. The number of ether oxygens (including phenoxy) is 1. The number of carbonyl (C=O) groups is 1. The molecule has 1 unspecified atom stereocenters. The van der Waals surface area contributed by atoms with Gasteiger partial charge < -0.3 is 13.9 Å². The maximum atomic E-state index is 10.2. The summed E-state index contributed by atoms with van der Waals surface area (Å²) >= 11 is 0. The van der Waals surface area contributed by atoms with Crippen LogP contribution in [0.15, 0.2) is 10.7 Å². The Bertz CT molecular complexity index is 289. The molecule has 1 aromatic heterocycles. The van der Waals surface area contributed by atoms with E-state index in [0.29, 0.717) is 18.0 Å². The van der Waals surface area contributed by atoms with Crippen LogP contribution in [0.2, 0.25) is 0 Å². The quantitative estimate of drug-likeness (QED) is 0.659. The molecule has 70 valence electrons. The maximum Gasteiger partial charge on any atom is 0.223 e. The molecule has 1 aliphatic heterocycles. The van der Waals surface area contributed by atoms with Crippen LogP contribution in [0.1, 0.15) is 30.5 Å². The highest BCUT2D eigenvalue weighted by molar-refractivity contribution is 5.53. The van der Waals surface area contributed by atoms with Crippen molar-refractivity contribution in [2.45, 2.75) is 25.4 Å². The van der Waals surface area contributed by atoms with Crippen molar-refractivity contribution >= 4 is 6.29 Å². The molecular weight excluding hydrogens is 170 g/mol. The molecule has 1 fully saturated rings. The van der Waals surface area contributed by atoms with Crippen LogP contribution in [0.3, 0.4) is 0 Å². The first kappa shape index (κ1) is 8.44. The van der Waals surface area contributed by atoms with E-state index in [0.717, 1.165) is 25.7 Å². The van der Waals surface area contributed by atoms with Gasteiger partial charge in [0.25, 0.3) is 0 Å². The Morgan fingerprint density at radius 2 is 2.62 bits per heavy atom. The summed E-state index contributed by atoms with van der Waals surface area (Å²) in [4.78, 5) is 14.4. The first-order chi connectivity index (χ1) is 6.40. The molecule has 0 aromatic carbocycles. The molecule has 0 N–H and O–H groups in total. The molecule has 1 saturated heterocycles. The molecule has 0 aliphatic carbocycles. The zero-order valence-corrected chi connectivity index (χ0v) is 7.23. The van der Waals surface area contributed by atoms with Crippen molar-refractivity contribution in [2.75, 3.05) is 6.61 Å². The summed E-state index contributed by atoms with van der Waals surface area (Å²) in [6, 6.07) is 0. The van der Waals surface area contributed by atoms with Gasteiger partial charge in [-0.3, -0.25) is 0 Å². The first-order valence-corrected chi connectivity index (χ1v) is 4.39. The second kappa shape index (κ2) is 3.70. The Morgan fingerprint density at radius 1 is 1.69 bits per heavy atom. The molecule has 0 spiro atoms. The summed E-state index contributed by atoms with van der Waals surface area (Å²) in [7, 11) is 0. The number of hydrogen-bond acceptors (Lipinski definition) is 4. The number of aromatic nitrogens is 1. The molecule has 0 bridgehead atoms. The molecule has 0 amide bonds. The third kappa shape index (κ3) is 1.78. The highest BCUT2D eigenvalue weighted by Gasteiger charge is 2.22. The average molecular weight is 181 g/mol. The van der Waals surface area contributed by atoms with Crippen molar-refractivity contribution in [3.63, 3.8) is 0 Å². The van der Waals surface area contributed by atoms with E-state index in [1.807, 2.05) is 0 Å². The Morgan fingerprint density at radius 3 is 3.31 bits per heavy atom. The summed E-state index contributed by atoms with van der Waals surface area (Å²) < 4.78 is 10.6. The standard InChI is InChI=1S/C9H11NO3/c11-4-3-7-6-13-9(10-7)8-2-1-5-12-8/h4,6,8H,1-3,5H2. The highest BCUT2D eigenvalue weighted by Crippen LogP contribution is 2.27. The van der Waals surface area contributed by atoms with E-state index in [9.17, 15) is 4.79 Å². The molecule has 4 heteroatoms. The Balaban J connectivity index is 2.07. The van der Waals surface area contributed by atoms with Gasteiger partial charge >= 0.3 is 0 Å². The predicted molar refractivity (Wildman–Crippen MR) is 44.2 cm³/mol. The van der Waals surface area contributed by atoms with E-state index in [1.165, 1.54) is 6.26 Å². The van der Waals surface area contributed by atoms with Gasteiger partial charge in [0.15, 0.2) is 0 Å². The molecule has 1 aliphatic rings. The van der Waals surface area contributed by atoms with Crippen molar-refractivity contribution in [3.05, 3.63) is 17.8 Å². The monoisotopic (exact) mass is 181 g/mol. The van der Waals surface area contributed by atoms with Crippen molar-refractivity contribution in [1.29, 1.82) is 0 Å². The summed E-state index contributed by atoms with van der Waals surface area (Å²) in [5.41, 5.74) is 0.681. The zero-order valence-electron chi connectivity index (χ0n) is 7.23. The fraction of sp³-hybridized carbons (Fsp3) is 0.556. The van der Waals surface area contributed by atoms with E-state index in [2.05, 4.69) is 4.98 Å². The van der Waals surface area contributed by atoms with E-state index in [1.54, 1.807) is 0 Å². The molecular formula is C9H11NO3. The van der Waals surface area contributed by atoms with Gasteiger partial charge in [0.2, 0.25) is 5.89 Å². The fourth-order valence-corrected chi connectivity index (χ4v) is 1.42. The van der Waals surface area contributed by atoms with Crippen LogP contribution in [-0.4, -0.2) is 17.9 Å². The van der Waals surface area contributed by atoms with Crippen LogP contribution < -0.4 is 0 Å². The third-order valence-corrected chi connectivity index (χ3v) is 2.07. The lowest BCUT2D eigenvalue weighted by atomic mass is 10.2. The van der Waals surface area contributed by atoms with E-state index >= 15 is 0 Å². The molecule has 2 rings (SSSR count). The predicted octanol–water partition coefficient (Wildman–Crippen LogP) is 1.27. The highest BCUT2D eigenvalue weighted by atomic mass is 16.5. The Labute approximate surface area is 75.9 Å². The topological polar surface area (TPSA) is 52.3 Å². The van der Waals surface area contributed by atoms with Crippen LogP contribution in [-0.2, 0) is 16.0 Å². The van der Waals surface area contributed by atoms with Crippen LogP contribution >= 0.6 is 0 Å². The average Bonchev–Trinajstić information content (AvgIpc) is 2.70. The summed E-state index contributed by atoms with van der Waals surface area (Å²) in [5.74, 6) is 0.606. The number of oxazole rings is 1. The molecule has 0 radical (unpaired) electrons. The molecule has 0 saturated carbocycles. The van der Waals surface area contributed by atoms with Gasteiger partial charge in [-0.1, -0.05) is 0 Å². The van der Waals surface area contributed by atoms with E-state index in [-0.39, 0.29) is 6.10 Å². The molecule has 4 nitrogen and oxygen atoms in total. The minimum atomic E-state index is 0.000372. The largest absolute Gasteiger partial charge is 0.446 e. The van der Waals surface area contributed by atoms with Gasteiger partial charge in [-0.05, 0) is 12.8 Å². The second-order valence-corrected chi connectivity index (χ2v) is 3.05. The number of nitrogens with zero attached hydrogens (tertiary/aromatic N) is 1. The summed E-state index contributed by atoms with van der Waals surface area (Å²) in [6.07, 6.45) is 4.66. The normalized spacial score (nSPS) is 22.0. The second-order valence-electron chi connectivity index (χ2n) is 3.05. The smallest absolute Gasteiger partial charge is 0.223 e. The minimum Gasteiger partial charge on any atom is -0.446 e. The molecule has 1 aromatic rings. The zero-order chi connectivity index (χ0) is 9.10. The SMILES string of the molecule is O=CCc1coc(C2CCCO2)n1. The number of rotatable bonds is 3. The lowest BCUT2D eigenvalue weighted by Gasteiger charge is -2.01. The molecule has 13 heavy (non-hydrogen) atoms. The van der Waals surface area contributed by atoms with Crippen molar-refractivity contribution in [2.24, 2.45) is 0 Å². The lowest BCUT2D eigenvalue weighted by molar-refractivity contribution is -0.107. The molecule has 1 atom stereocenters. The van der Waals surface area contributed by atoms with Crippen molar-refractivity contribution in [3.8, 4) is 0 Å². The van der Waals surface area contributed by atoms with Gasteiger partial charge in [0.05, 0.1) is 5.69 Å². The van der Waals surface area contributed by atoms with Crippen molar-refractivity contribution in [1.82, 2.24) is 4.98 Å². The van der Waals surface area contributed by atoms with Gasteiger partial charge in [0, 0.05) is 13.0 Å². The fourth-order valence-electron chi connectivity index (χ4n) is 1.42. The van der Waals surface area contributed by atoms with Gasteiger partial charge in [-0.15, -0.1) is 0 Å². The van der Waals surface area contributed by atoms with Gasteiger partial charge in [0.1, 0.15) is 18.7 Å². The molecule has 2 heterocycles. The van der Waals surface area contributed by atoms with Crippen LogP contribution in [0.5, 0.6) is 0 Å². The minimum absolute atomic E-state index is 0.000372. The Kier molecular flexibility index (Phi) is 2.40. The number of aldehydes is 1. The summed E-state index contributed by atoms with van der Waals surface area (Å²) in [6.45, 7) is 0.774. The van der Waals surface area contributed by atoms with Gasteiger partial charge in [-0.25, -0.2) is 4.98 Å². The van der Waals surface area contributed by atoms with Crippen molar-refractivity contribution < 1.29 is 13.9 Å². The van der Waals surface area contributed by atoms with Crippen LogP contribution in [0.25, 0.3) is 0 Å². The van der Waals surface area contributed by atoms with Crippen LogP contribution in [0.4, 0.5) is 0 Å². The van der Waals surface area contributed by atoms with E-state index in [4.69, 9.17) is 9.15 Å². The third-order valence-electron chi connectivity index (χ3n) is 2.07. The lowest BCUT2D eigenvalue weighted by Crippen LogP contribution is -1.96. The number of carbonyl (C=O) groups excluding carboxylic acids is 1. The van der Waals surface area contributed by atoms with Gasteiger partial charge in [-0.2, -0.15) is 0 Å².